The molecule has 70 valence electrons. The van der Waals surface area contributed by atoms with Gasteiger partial charge in [0.15, 0.2) is 0 Å². The maximum absolute atomic E-state index is 8.41. The quantitative estimate of drug-likeness (QED) is 0.461. The summed E-state index contributed by atoms with van der Waals surface area (Å²) in [6.07, 6.45) is 8.45. The minimum atomic E-state index is 0.518. The molecule has 0 fully saturated rings. The van der Waals surface area contributed by atoms with Crippen LogP contribution in [-0.2, 0) is 0 Å². The molecular weight excluding hydrogens is 160 g/mol. The van der Waals surface area contributed by atoms with Crippen LogP contribution in [0.5, 0.6) is 0 Å². The van der Waals surface area contributed by atoms with Gasteiger partial charge in [0.1, 0.15) is 0 Å². The Labute approximate surface area is 80.5 Å². The Kier molecular flexibility index (Phi) is 7.95. The lowest BCUT2D eigenvalue weighted by molar-refractivity contribution is 0.509. The molecule has 0 saturated heterocycles. The molecule has 1 unspecified atom stereocenters. The highest BCUT2D eigenvalue weighted by Crippen LogP contribution is 2.12. The molecule has 0 aliphatic carbocycles. The van der Waals surface area contributed by atoms with Crippen LogP contribution in [0.1, 0.15) is 39.0 Å². The van der Waals surface area contributed by atoms with Crippen LogP contribution >= 0.6 is 0 Å². The molecule has 0 rings (SSSR count). The zero-order chi connectivity index (χ0) is 9.94. The maximum Gasteiger partial charge on any atom is 0.0908 e. The zero-order valence-corrected chi connectivity index (χ0v) is 8.16. The zero-order valence-electron chi connectivity index (χ0n) is 8.16. The molecule has 0 aliphatic rings. The van der Waals surface area contributed by atoms with Gasteiger partial charge in [-0.2, -0.15) is 10.5 Å². The Morgan fingerprint density at radius 2 is 2.08 bits per heavy atom. The maximum atomic E-state index is 8.41. The van der Waals surface area contributed by atoms with Crippen molar-refractivity contribution >= 4 is 0 Å². The highest BCUT2D eigenvalue weighted by molar-refractivity contribution is 5.01. The van der Waals surface area contributed by atoms with Crippen LogP contribution in [-0.4, -0.2) is 0 Å². The summed E-state index contributed by atoms with van der Waals surface area (Å²) in [5.74, 6) is 0.518. The molecule has 13 heavy (non-hydrogen) atoms. The summed E-state index contributed by atoms with van der Waals surface area (Å²) >= 11 is 0. The smallest absolute Gasteiger partial charge is 0.0908 e. The van der Waals surface area contributed by atoms with E-state index in [4.69, 9.17) is 10.5 Å². The minimum absolute atomic E-state index is 0.518. The molecule has 0 aromatic carbocycles. The van der Waals surface area contributed by atoms with Crippen LogP contribution in [0.3, 0.4) is 0 Å². The van der Waals surface area contributed by atoms with Gasteiger partial charge in [-0.15, -0.1) is 0 Å². The molecule has 0 saturated carbocycles. The number of nitriles is 2. The largest absolute Gasteiger partial charge is 0.198 e. The van der Waals surface area contributed by atoms with E-state index < -0.39 is 0 Å². The molecule has 0 aromatic heterocycles. The third-order valence-electron chi connectivity index (χ3n) is 1.95. The van der Waals surface area contributed by atoms with Gasteiger partial charge in [-0.05, 0) is 25.2 Å². The lowest BCUT2D eigenvalue weighted by atomic mass is 10.0. The molecule has 0 aliphatic heterocycles. The number of unbranched alkanes of at least 4 members (excludes halogenated alkanes) is 2. The standard InChI is InChI=1S/C11H16N2/c1-11(8-10-13)7-5-3-2-4-6-9-12/h4,6,11H,2-3,5,7-8H2,1H3. The fourth-order valence-corrected chi connectivity index (χ4v) is 1.15. The molecule has 0 N–H and O–H groups in total. The van der Waals surface area contributed by atoms with Crippen LogP contribution in [0.2, 0.25) is 0 Å². The first-order valence-electron chi connectivity index (χ1n) is 4.72. The van der Waals surface area contributed by atoms with Crippen LogP contribution in [0, 0.1) is 28.6 Å². The number of rotatable bonds is 6. The number of allylic oxidation sites excluding steroid dienone is 2. The monoisotopic (exact) mass is 176 g/mol. The average molecular weight is 176 g/mol. The fraction of sp³-hybridized carbons (Fsp3) is 0.636. The molecule has 2 nitrogen and oxygen atoms in total. The van der Waals surface area contributed by atoms with E-state index in [1.165, 1.54) is 6.08 Å². The summed E-state index contributed by atoms with van der Waals surface area (Å²) in [6, 6.07) is 4.14. The highest BCUT2D eigenvalue weighted by Gasteiger charge is 1.99. The third-order valence-corrected chi connectivity index (χ3v) is 1.95. The van der Waals surface area contributed by atoms with E-state index in [1.54, 1.807) is 0 Å². The SMILES string of the molecule is CC(CC#N)CCCCC=CC#N. The van der Waals surface area contributed by atoms with Crippen molar-refractivity contribution in [3.05, 3.63) is 12.2 Å². The molecule has 0 aromatic rings. The van der Waals surface area contributed by atoms with Gasteiger partial charge in [0, 0.05) is 12.5 Å². The predicted molar refractivity (Wildman–Crippen MR) is 52.6 cm³/mol. The summed E-state index contributed by atoms with van der Waals surface area (Å²) < 4.78 is 0. The highest BCUT2D eigenvalue weighted by atomic mass is 14.2. The van der Waals surface area contributed by atoms with Crippen molar-refractivity contribution in [2.75, 3.05) is 0 Å². The third kappa shape index (κ3) is 8.63. The molecule has 0 bridgehead atoms. The van der Waals surface area contributed by atoms with Gasteiger partial charge in [0.25, 0.3) is 0 Å². The van der Waals surface area contributed by atoms with Gasteiger partial charge >= 0.3 is 0 Å². The summed E-state index contributed by atoms with van der Waals surface area (Å²) in [7, 11) is 0. The van der Waals surface area contributed by atoms with Crippen molar-refractivity contribution in [2.24, 2.45) is 5.92 Å². The lowest BCUT2D eigenvalue weighted by Gasteiger charge is -2.04. The molecule has 0 spiro atoms. The number of hydrogen-bond acceptors (Lipinski definition) is 2. The second-order valence-corrected chi connectivity index (χ2v) is 3.28. The Hall–Kier alpha value is -1.28. The Bertz CT molecular complexity index is 217. The van der Waals surface area contributed by atoms with Gasteiger partial charge < -0.3 is 0 Å². The van der Waals surface area contributed by atoms with E-state index in [0.717, 1.165) is 25.7 Å². The van der Waals surface area contributed by atoms with Crippen molar-refractivity contribution in [3.63, 3.8) is 0 Å². The minimum Gasteiger partial charge on any atom is -0.198 e. The van der Waals surface area contributed by atoms with E-state index in [2.05, 4.69) is 13.0 Å². The van der Waals surface area contributed by atoms with E-state index in [9.17, 15) is 0 Å². The fourth-order valence-electron chi connectivity index (χ4n) is 1.15. The summed E-state index contributed by atoms with van der Waals surface area (Å²) in [5.41, 5.74) is 0. The van der Waals surface area contributed by atoms with Crippen molar-refractivity contribution in [2.45, 2.75) is 39.0 Å². The van der Waals surface area contributed by atoms with Gasteiger partial charge in [0.05, 0.1) is 12.1 Å². The Morgan fingerprint density at radius 1 is 1.31 bits per heavy atom. The molecular formula is C11H16N2. The molecule has 0 radical (unpaired) electrons. The van der Waals surface area contributed by atoms with Crippen LogP contribution in [0.25, 0.3) is 0 Å². The molecule has 0 heterocycles. The lowest BCUT2D eigenvalue weighted by Crippen LogP contribution is -1.92. The summed E-state index contributed by atoms with van der Waals surface area (Å²) in [6.45, 7) is 2.11. The first-order valence-corrected chi connectivity index (χ1v) is 4.72. The molecule has 0 amide bonds. The van der Waals surface area contributed by atoms with Gasteiger partial charge in [-0.3, -0.25) is 0 Å². The van der Waals surface area contributed by atoms with Crippen molar-refractivity contribution in [1.82, 2.24) is 0 Å². The Morgan fingerprint density at radius 3 is 2.69 bits per heavy atom. The van der Waals surface area contributed by atoms with Gasteiger partial charge in [-0.25, -0.2) is 0 Å². The van der Waals surface area contributed by atoms with Crippen LogP contribution in [0.15, 0.2) is 12.2 Å². The second-order valence-electron chi connectivity index (χ2n) is 3.28. The molecule has 1 atom stereocenters. The number of hydrogen-bond donors (Lipinski definition) is 0. The van der Waals surface area contributed by atoms with E-state index >= 15 is 0 Å². The number of nitrogens with zero attached hydrogens (tertiary/aromatic N) is 2. The normalized spacial score (nSPS) is 12.2. The molecule has 2 heteroatoms. The van der Waals surface area contributed by atoms with E-state index in [0.29, 0.717) is 12.3 Å². The van der Waals surface area contributed by atoms with Crippen molar-refractivity contribution < 1.29 is 0 Å². The van der Waals surface area contributed by atoms with Crippen LogP contribution in [0.4, 0.5) is 0 Å². The topological polar surface area (TPSA) is 47.6 Å². The first-order chi connectivity index (χ1) is 6.31. The van der Waals surface area contributed by atoms with Gasteiger partial charge in [0.2, 0.25) is 0 Å². The van der Waals surface area contributed by atoms with Crippen LogP contribution < -0.4 is 0 Å². The second kappa shape index (κ2) is 8.81. The summed E-state index contributed by atoms with van der Waals surface area (Å²) in [5, 5.41) is 16.6. The summed E-state index contributed by atoms with van der Waals surface area (Å²) in [4.78, 5) is 0. The first kappa shape index (κ1) is 11.7. The Balaban J connectivity index is 3.22. The predicted octanol–water partition coefficient (Wildman–Crippen LogP) is 3.18. The van der Waals surface area contributed by atoms with Crippen molar-refractivity contribution in [3.8, 4) is 12.1 Å². The van der Waals surface area contributed by atoms with E-state index in [-0.39, 0.29) is 0 Å². The van der Waals surface area contributed by atoms with Gasteiger partial charge in [-0.1, -0.05) is 19.4 Å². The average Bonchev–Trinajstić information content (AvgIpc) is 2.11. The van der Waals surface area contributed by atoms with E-state index in [1.807, 2.05) is 12.1 Å². The van der Waals surface area contributed by atoms with Crippen molar-refractivity contribution in [1.29, 1.82) is 10.5 Å².